The van der Waals surface area contributed by atoms with Crippen molar-refractivity contribution in [2.45, 2.75) is 13.3 Å². The van der Waals surface area contributed by atoms with Crippen LogP contribution in [-0.4, -0.2) is 33.1 Å². The minimum absolute atomic E-state index is 0.0742. The fourth-order valence-corrected chi connectivity index (χ4v) is 5.31. The molecule has 0 fully saturated rings. The molecule has 0 spiro atoms. The van der Waals surface area contributed by atoms with Gasteiger partial charge in [-0.15, -0.1) is 11.3 Å². The number of aliphatic carboxylic acids is 1. The maximum absolute atomic E-state index is 11.7. The molecule has 0 aliphatic rings. The van der Waals surface area contributed by atoms with Crippen molar-refractivity contribution in [2.24, 2.45) is 0 Å². The zero-order chi connectivity index (χ0) is 24.5. The zero-order valence-electron chi connectivity index (χ0n) is 18.9. The van der Waals surface area contributed by atoms with E-state index in [4.69, 9.17) is 21.3 Å². The van der Waals surface area contributed by atoms with E-state index < -0.39 is 5.97 Å². The smallest absolute Gasteiger partial charge is 0.307 e. The molecule has 0 saturated carbocycles. The van der Waals surface area contributed by atoms with Gasteiger partial charge in [-0.3, -0.25) is 14.8 Å². The predicted octanol–water partition coefficient (Wildman–Crippen LogP) is 6.68. The van der Waals surface area contributed by atoms with Crippen LogP contribution in [0.1, 0.15) is 11.1 Å². The molecule has 5 rings (SSSR count). The summed E-state index contributed by atoms with van der Waals surface area (Å²) < 4.78 is 6.23. The maximum Gasteiger partial charge on any atom is 0.307 e. The highest BCUT2D eigenvalue weighted by molar-refractivity contribution is 7.22. The summed E-state index contributed by atoms with van der Waals surface area (Å²) in [5.74, 6) is -0.221. The molecule has 0 aliphatic carbocycles. The first-order valence-corrected chi connectivity index (χ1v) is 12.0. The van der Waals surface area contributed by atoms with Gasteiger partial charge in [0.05, 0.1) is 35.6 Å². The van der Waals surface area contributed by atoms with Gasteiger partial charge in [-0.1, -0.05) is 23.7 Å². The van der Waals surface area contributed by atoms with Crippen molar-refractivity contribution in [1.29, 1.82) is 0 Å². The van der Waals surface area contributed by atoms with Gasteiger partial charge in [-0.25, -0.2) is 4.98 Å². The van der Waals surface area contributed by atoms with E-state index in [1.165, 1.54) is 11.3 Å². The first kappa shape index (κ1) is 23.0. The van der Waals surface area contributed by atoms with E-state index in [1.807, 2.05) is 55.5 Å². The van der Waals surface area contributed by atoms with E-state index in [-0.39, 0.29) is 6.42 Å². The molecule has 35 heavy (non-hydrogen) atoms. The summed E-state index contributed by atoms with van der Waals surface area (Å²) in [6, 6.07) is 15.2. The van der Waals surface area contributed by atoms with Crippen molar-refractivity contribution < 1.29 is 14.6 Å². The predicted molar refractivity (Wildman–Crippen MR) is 139 cm³/mol. The Labute approximate surface area is 210 Å². The van der Waals surface area contributed by atoms with Gasteiger partial charge in [0.25, 0.3) is 0 Å². The number of carboxylic acid groups (broad SMARTS) is 1. The van der Waals surface area contributed by atoms with Crippen molar-refractivity contribution in [2.75, 3.05) is 7.11 Å². The van der Waals surface area contributed by atoms with Crippen LogP contribution in [0.4, 0.5) is 0 Å². The van der Waals surface area contributed by atoms with Gasteiger partial charge in [-0.05, 0) is 60.0 Å². The Bertz CT molecular complexity index is 1560. The number of aryl methyl sites for hydroxylation is 1. The number of nitrogens with zero attached hydrogens (tertiary/aromatic N) is 3. The van der Waals surface area contributed by atoms with Crippen molar-refractivity contribution in [3.63, 3.8) is 0 Å². The van der Waals surface area contributed by atoms with Crippen LogP contribution in [0.25, 0.3) is 43.2 Å². The zero-order valence-corrected chi connectivity index (χ0v) is 20.5. The number of methoxy groups -OCH3 is 1. The summed E-state index contributed by atoms with van der Waals surface area (Å²) in [7, 11) is 1.60. The number of rotatable bonds is 6. The lowest BCUT2D eigenvalue weighted by molar-refractivity contribution is -0.136. The highest BCUT2D eigenvalue weighted by Crippen LogP contribution is 2.41. The Balaban J connectivity index is 1.68. The number of pyridine rings is 2. The van der Waals surface area contributed by atoms with Gasteiger partial charge < -0.3 is 9.84 Å². The van der Waals surface area contributed by atoms with Crippen LogP contribution >= 0.6 is 22.9 Å². The Hall–Kier alpha value is -3.81. The van der Waals surface area contributed by atoms with Crippen molar-refractivity contribution in [3.8, 4) is 38.7 Å². The second kappa shape index (κ2) is 9.44. The molecule has 3 aromatic heterocycles. The van der Waals surface area contributed by atoms with E-state index in [0.29, 0.717) is 10.8 Å². The Morgan fingerprint density at radius 1 is 1.06 bits per heavy atom. The monoisotopic (exact) mass is 501 g/mol. The van der Waals surface area contributed by atoms with Crippen molar-refractivity contribution in [3.05, 3.63) is 83.3 Å². The molecule has 3 heterocycles. The highest BCUT2D eigenvalue weighted by atomic mass is 35.5. The number of fused-ring (bicyclic) bond motifs is 1. The van der Waals surface area contributed by atoms with E-state index in [2.05, 4.69) is 9.97 Å². The third-order valence-corrected chi connectivity index (χ3v) is 7.11. The molecule has 2 aromatic carbocycles. The van der Waals surface area contributed by atoms with E-state index in [1.54, 1.807) is 25.7 Å². The minimum atomic E-state index is -0.877. The average Bonchev–Trinajstić information content (AvgIpc) is 3.28. The first-order valence-electron chi connectivity index (χ1n) is 10.8. The Morgan fingerprint density at radius 3 is 2.60 bits per heavy atom. The topological polar surface area (TPSA) is 85.2 Å². The SMILES string of the molecule is COc1cncc(-c2cc(-c3nc4cc(C)c(CC(=O)O)c(-c5ccc(Cl)cc5)c4s3)ccn2)c1. The lowest BCUT2D eigenvalue weighted by Crippen LogP contribution is -2.04. The van der Waals surface area contributed by atoms with Crippen molar-refractivity contribution in [1.82, 2.24) is 15.0 Å². The molecule has 0 radical (unpaired) electrons. The molecule has 0 saturated heterocycles. The number of hydrogen-bond donors (Lipinski definition) is 1. The summed E-state index contributed by atoms with van der Waals surface area (Å²) in [6.45, 7) is 1.93. The maximum atomic E-state index is 11.7. The van der Waals surface area contributed by atoms with Crippen LogP contribution in [0.2, 0.25) is 5.02 Å². The standard InChI is InChI=1S/C27H20ClN3O3S/c1-15-9-23-26(25(21(15)12-24(32)33)16-3-5-19(28)6-4-16)35-27(31-23)17-7-8-30-22(11-17)18-10-20(34-2)14-29-13-18/h3-11,13-14H,12H2,1-2H3,(H,32,33). The van der Waals surface area contributed by atoms with Gasteiger partial charge >= 0.3 is 5.97 Å². The largest absolute Gasteiger partial charge is 0.495 e. The number of halogens is 1. The Morgan fingerprint density at radius 2 is 1.86 bits per heavy atom. The average molecular weight is 502 g/mol. The second-order valence-corrected chi connectivity index (χ2v) is 9.47. The number of carbonyl (C=O) groups is 1. The number of thiazole rings is 1. The van der Waals surface area contributed by atoms with Crippen LogP contribution in [-0.2, 0) is 11.2 Å². The molecule has 5 aromatic rings. The van der Waals surface area contributed by atoms with Crippen LogP contribution in [0.15, 0.2) is 67.1 Å². The molecule has 1 N–H and O–H groups in total. The molecule has 0 bridgehead atoms. The number of carboxylic acids is 1. The van der Waals surface area contributed by atoms with Crippen LogP contribution in [0.5, 0.6) is 5.75 Å². The number of hydrogen-bond acceptors (Lipinski definition) is 6. The first-order chi connectivity index (χ1) is 16.9. The summed E-state index contributed by atoms with van der Waals surface area (Å²) in [4.78, 5) is 25.3. The summed E-state index contributed by atoms with van der Waals surface area (Å²) in [6.07, 6.45) is 5.07. The van der Waals surface area contributed by atoms with E-state index in [9.17, 15) is 9.90 Å². The molecule has 0 atom stereocenters. The molecule has 8 heteroatoms. The number of benzene rings is 2. The molecular formula is C27H20ClN3O3S. The molecule has 6 nitrogen and oxygen atoms in total. The summed E-state index contributed by atoms with van der Waals surface area (Å²) >= 11 is 7.65. The van der Waals surface area contributed by atoms with Crippen LogP contribution in [0, 0.1) is 6.92 Å². The highest BCUT2D eigenvalue weighted by Gasteiger charge is 2.20. The van der Waals surface area contributed by atoms with Gasteiger partial charge in [0.1, 0.15) is 10.8 Å². The van der Waals surface area contributed by atoms with E-state index >= 15 is 0 Å². The molecule has 0 amide bonds. The van der Waals surface area contributed by atoms with E-state index in [0.717, 1.165) is 54.3 Å². The number of aromatic nitrogens is 3. The summed E-state index contributed by atoms with van der Waals surface area (Å²) in [5, 5.41) is 11.0. The second-order valence-electron chi connectivity index (χ2n) is 8.03. The van der Waals surface area contributed by atoms with Gasteiger partial charge in [0.2, 0.25) is 0 Å². The van der Waals surface area contributed by atoms with Crippen LogP contribution < -0.4 is 4.74 Å². The quantitative estimate of drug-likeness (QED) is 0.279. The lowest BCUT2D eigenvalue weighted by Gasteiger charge is -2.13. The lowest BCUT2D eigenvalue weighted by atomic mass is 9.93. The fraction of sp³-hybridized carbons (Fsp3) is 0.111. The van der Waals surface area contributed by atoms with Gasteiger partial charge in [0.15, 0.2) is 0 Å². The minimum Gasteiger partial charge on any atom is -0.495 e. The number of ether oxygens (including phenoxy) is 1. The molecular weight excluding hydrogens is 482 g/mol. The molecule has 174 valence electrons. The van der Waals surface area contributed by atoms with Gasteiger partial charge in [-0.2, -0.15) is 0 Å². The van der Waals surface area contributed by atoms with Crippen molar-refractivity contribution >= 4 is 39.1 Å². The fourth-order valence-electron chi connectivity index (χ4n) is 4.05. The summed E-state index contributed by atoms with van der Waals surface area (Å²) in [5.41, 5.74) is 6.80. The Kier molecular flexibility index (Phi) is 6.19. The molecule has 0 unspecified atom stereocenters. The third-order valence-electron chi connectivity index (χ3n) is 5.72. The third kappa shape index (κ3) is 4.60. The van der Waals surface area contributed by atoms with Crippen LogP contribution in [0.3, 0.4) is 0 Å². The normalized spacial score (nSPS) is 11.1. The van der Waals surface area contributed by atoms with Gasteiger partial charge in [0, 0.05) is 34.1 Å². The molecule has 0 aliphatic heterocycles.